The molecule has 19 heavy (non-hydrogen) atoms. The van der Waals surface area contributed by atoms with Crippen LogP contribution in [0.5, 0.6) is 0 Å². The standard InChI is InChI=1S/C12H8ClF3N2S/c13-10-7(17)4-8(18)12(11(10)16)19-9-2-1-5(14)3-6(9)15/h1-4H,17-18H2. The highest BCUT2D eigenvalue weighted by atomic mass is 35.5. The number of rotatable bonds is 2. The molecule has 0 aliphatic heterocycles. The monoisotopic (exact) mass is 304 g/mol. The molecule has 0 atom stereocenters. The van der Waals surface area contributed by atoms with Crippen LogP contribution in [0.25, 0.3) is 0 Å². The zero-order valence-corrected chi connectivity index (χ0v) is 11.0. The number of hydrogen-bond acceptors (Lipinski definition) is 3. The van der Waals surface area contributed by atoms with Crippen molar-refractivity contribution in [2.24, 2.45) is 0 Å². The van der Waals surface area contributed by atoms with E-state index < -0.39 is 17.5 Å². The molecule has 0 aliphatic rings. The second-order valence-electron chi connectivity index (χ2n) is 3.69. The second kappa shape index (κ2) is 5.22. The van der Waals surface area contributed by atoms with Crippen LogP contribution < -0.4 is 11.5 Å². The first-order chi connectivity index (χ1) is 8.90. The first-order valence-electron chi connectivity index (χ1n) is 5.06. The summed E-state index contributed by atoms with van der Waals surface area (Å²) in [5.41, 5.74) is 11.1. The predicted molar refractivity (Wildman–Crippen MR) is 70.7 cm³/mol. The summed E-state index contributed by atoms with van der Waals surface area (Å²) in [5.74, 6) is -2.35. The Hall–Kier alpha value is -1.53. The van der Waals surface area contributed by atoms with Gasteiger partial charge in [0, 0.05) is 11.0 Å². The minimum absolute atomic E-state index is 0.000551. The van der Waals surface area contributed by atoms with Crippen molar-refractivity contribution < 1.29 is 13.2 Å². The maximum Gasteiger partial charge on any atom is 0.159 e. The van der Waals surface area contributed by atoms with E-state index in [0.29, 0.717) is 6.07 Å². The molecule has 2 aromatic carbocycles. The van der Waals surface area contributed by atoms with E-state index >= 15 is 0 Å². The molecule has 2 rings (SSSR count). The third-order valence-corrected chi connectivity index (χ3v) is 3.88. The predicted octanol–water partition coefficient (Wildman–Crippen LogP) is 4.07. The van der Waals surface area contributed by atoms with Crippen molar-refractivity contribution in [1.29, 1.82) is 0 Å². The second-order valence-corrected chi connectivity index (χ2v) is 5.12. The van der Waals surface area contributed by atoms with Gasteiger partial charge in [0.1, 0.15) is 16.7 Å². The minimum Gasteiger partial charge on any atom is -0.398 e. The van der Waals surface area contributed by atoms with Crippen molar-refractivity contribution in [3.05, 3.63) is 46.7 Å². The summed E-state index contributed by atoms with van der Waals surface area (Å²) in [5, 5.41) is -0.279. The van der Waals surface area contributed by atoms with E-state index in [2.05, 4.69) is 0 Å². The summed E-state index contributed by atoms with van der Waals surface area (Å²) < 4.78 is 40.2. The molecule has 7 heteroatoms. The number of nitrogens with two attached hydrogens (primary N) is 2. The molecule has 0 saturated heterocycles. The first-order valence-corrected chi connectivity index (χ1v) is 6.25. The molecule has 0 fully saturated rings. The van der Waals surface area contributed by atoms with E-state index in [1.165, 1.54) is 12.1 Å². The number of halogens is 4. The van der Waals surface area contributed by atoms with Gasteiger partial charge < -0.3 is 11.5 Å². The van der Waals surface area contributed by atoms with E-state index in [-0.39, 0.29) is 26.2 Å². The molecule has 0 aliphatic carbocycles. The lowest BCUT2D eigenvalue weighted by molar-refractivity contribution is 0.565. The topological polar surface area (TPSA) is 52.0 Å². The van der Waals surface area contributed by atoms with Crippen LogP contribution in [0.4, 0.5) is 24.5 Å². The third-order valence-electron chi connectivity index (χ3n) is 2.32. The fourth-order valence-electron chi connectivity index (χ4n) is 1.42. The highest BCUT2D eigenvalue weighted by Crippen LogP contribution is 2.40. The fourth-order valence-corrected chi connectivity index (χ4v) is 2.51. The lowest BCUT2D eigenvalue weighted by Gasteiger charge is -2.10. The minimum atomic E-state index is -0.826. The Kier molecular flexibility index (Phi) is 3.82. The quantitative estimate of drug-likeness (QED) is 0.822. The lowest BCUT2D eigenvalue weighted by Crippen LogP contribution is -1.98. The number of nitrogen functional groups attached to an aromatic ring is 2. The van der Waals surface area contributed by atoms with Crippen LogP contribution in [0.15, 0.2) is 34.1 Å². The van der Waals surface area contributed by atoms with Crippen molar-refractivity contribution in [3.8, 4) is 0 Å². The number of benzene rings is 2. The van der Waals surface area contributed by atoms with Gasteiger partial charge in [-0.2, -0.15) is 0 Å². The Morgan fingerprint density at radius 3 is 2.32 bits per heavy atom. The summed E-state index contributed by atoms with van der Waals surface area (Å²) in [6.07, 6.45) is 0. The normalized spacial score (nSPS) is 10.7. The Morgan fingerprint density at radius 2 is 1.68 bits per heavy atom. The summed E-state index contributed by atoms with van der Waals surface area (Å²) in [7, 11) is 0. The van der Waals surface area contributed by atoms with Crippen LogP contribution in [0.1, 0.15) is 0 Å². The van der Waals surface area contributed by atoms with E-state index in [0.717, 1.165) is 17.8 Å². The third kappa shape index (κ3) is 2.74. The molecular weight excluding hydrogens is 297 g/mol. The molecule has 0 unspecified atom stereocenters. The molecule has 100 valence electrons. The van der Waals surface area contributed by atoms with Crippen molar-refractivity contribution >= 4 is 34.7 Å². The zero-order chi connectivity index (χ0) is 14.2. The van der Waals surface area contributed by atoms with Crippen LogP contribution >= 0.6 is 23.4 Å². The molecule has 2 aromatic rings. The van der Waals surface area contributed by atoms with Gasteiger partial charge in [-0.1, -0.05) is 23.4 Å². The Balaban J connectivity index is 2.47. The van der Waals surface area contributed by atoms with Gasteiger partial charge in [-0.15, -0.1) is 0 Å². The van der Waals surface area contributed by atoms with E-state index in [9.17, 15) is 13.2 Å². The van der Waals surface area contributed by atoms with Crippen LogP contribution in [-0.2, 0) is 0 Å². The van der Waals surface area contributed by atoms with Gasteiger partial charge in [0.05, 0.1) is 16.3 Å². The van der Waals surface area contributed by atoms with Crippen molar-refractivity contribution in [3.63, 3.8) is 0 Å². The summed E-state index contributed by atoms with van der Waals surface area (Å²) in [6.45, 7) is 0. The lowest BCUT2D eigenvalue weighted by atomic mass is 10.3. The molecule has 0 heterocycles. The molecule has 0 aromatic heterocycles. The summed E-state index contributed by atoms with van der Waals surface area (Å²) in [4.78, 5) is -0.0162. The van der Waals surface area contributed by atoms with E-state index in [1.807, 2.05) is 0 Å². The Labute approximate surface area is 116 Å². The molecule has 0 spiro atoms. The SMILES string of the molecule is Nc1cc(N)c(Sc2ccc(F)cc2F)c(F)c1Cl. The van der Waals surface area contributed by atoms with Crippen molar-refractivity contribution in [2.45, 2.75) is 9.79 Å². The molecule has 2 nitrogen and oxygen atoms in total. The van der Waals surface area contributed by atoms with Gasteiger partial charge in [-0.3, -0.25) is 0 Å². The zero-order valence-electron chi connectivity index (χ0n) is 9.38. The molecule has 0 bridgehead atoms. The van der Waals surface area contributed by atoms with Crippen molar-refractivity contribution in [1.82, 2.24) is 0 Å². The fraction of sp³-hybridized carbons (Fsp3) is 0. The van der Waals surface area contributed by atoms with Crippen LogP contribution in [0, 0.1) is 17.5 Å². The van der Waals surface area contributed by atoms with Gasteiger partial charge >= 0.3 is 0 Å². The molecule has 0 amide bonds. The van der Waals surface area contributed by atoms with E-state index in [4.69, 9.17) is 23.1 Å². The Morgan fingerprint density at radius 1 is 1.00 bits per heavy atom. The molecule has 4 N–H and O–H groups in total. The average molecular weight is 305 g/mol. The van der Waals surface area contributed by atoms with Crippen LogP contribution in [0.2, 0.25) is 5.02 Å². The summed E-state index contributed by atoms with van der Waals surface area (Å²) in [6, 6.07) is 4.25. The van der Waals surface area contributed by atoms with Crippen molar-refractivity contribution in [2.75, 3.05) is 11.5 Å². The molecule has 0 saturated carbocycles. The van der Waals surface area contributed by atoms with Gasteiger partial charge in [0.2, 0.25) is 0 Å². The number of hydrogen-bond donors (Lipinski definition) is 2. The van der Waals surface area contributed by atoms with Gasteiger partial charge in [-0.05, 0) is 18.2 Å². The first kappa shape index (κ1) is 13.9. The maximum atomic E-state index is 13.9. The number of anilines is 2. The Bertz CT molecular complexity index is 649. The van der Waals surface area contributed by atoms with Gasteiger partial charge in [0.25, 0.3) is 0 Å². The average Bonchev–Trinajstić information content (AvgIpc) is 2.34. The maximum absolute atomic E-state index is 13.9. The van der Waals surface area contributed by atoms with Gasteiger partial charge in [-0.25, -0.2) is 13.2 Å². The molecular formula is C12H8ClF3N2S. The highest BCUT2D eigenvalue weighted by Gasteiger charge is 2.17. The van der Waals surface area contributed by atoms with Gasteiger partial charge in [0.15, 0.2) is 5.82 Å². The smallest absolute Gasteiger partial charge is 0.159 e. The van der Waals surface area contributed by atoms with Crippen LogP contribution in [0.3, 0.4) is 0 Å². The van der Waals surface area contributed by atoms with E-state index in [1.54, 1.807) is 0 Å². The summed E-state index contributed by atoms with van der Waals surface area (Å²) >= 11 is 6.38. The molecule has 0 radical (unpaired) electrons. The largest absolute Gasteiger partial charge is 0.398 e. The highest BCUT2D eigenvalue weighted by molar-refractivity contribution is 7.99. The van der Waals surface area contributed by atoms with Crippen LogP contribution in [-0.4, -0.2) is 0 Å².